The van der Waals surface area contributed by atoms with Crippen LogP contribution in [0.3, 0.4) is 0 Å². The largest absolute Gasteiger partial charge is 0.293 e. The van der Waals surface area contributed by atoms with Gasteiger partial charge in [-0.15, -0.1) is 0 Å². The summed E-state index contributed by atoms with van der Waals surface area (Å²) >= 11 is 0. The number of carbonyl (C=O) groups excluding carboxylic acids is 1. The summed E-state index contributed by atoms with van der Waals surface area (Å²) in [4.78, 5) is 14.2. The predicted octanol–water partition coefficient (Wildman–Crippen LogP) is 3.46. The number of hydrogen-bond donors (Lipinski definition) is 0. The zero-order chi connectivity index (χ0) is 14.7. The molecule has 106 valence electrons. The van der Waals surface area contributed by atoms with Crippen LogP contribution in [0, 0.1) is 6.92 Å². The van der Waals surface area contributed by atoms with Gasteiger partial charge in [0.15, 0.2) is 5.78 Å². The Morgan fingerprint density at radius 2 is 1.67 bits per heavy atom. The van der Waals surface area contributed by atoms with Crippen molar-refractivity contribution in [3.05, 3.63) is 77.4 Å². The van der Waals surface area contributed by atoms with Gasteiger partial charge in [-0.2, -0.15) is 0 Å². The van der Waals surface area contributed by atoms with Crippen molar-refractivity contribution >= 4 is 11.4 Å². The Hall–Kier alpha value is -2.19. The maximum atomic E-state index is 12.0. The molecular formula is C19H19NO. The van der Waals surface area contributed by atoms with Crippen molar-refractivity contribution in [3.63, 3.8) is 0 Å². The molecule has 1 aliphatic rings. The monoisotopic (exact) mass is 277 g/mol. The van der Waals surface area contributed by atoms with Gasteiger partial charge in [-0.25, -0.2) is 0 Å². The van der Waals surface area contributed by atoms with Gasteiger partial charge in [0.1, 0.15) is 0 Å². The van der Waals surface area contributed by atoms with Crippen molar-refractivity contribution in [1.29, 1.82) is 0 Å². The van der Waals surface area contributed by atoms with Crippen LogP contribution in [0.1, 0.15) is 16.7 Å². The lowest BCUT2D eigenvalue weighted by molar-refractivity contribution is -0.116. The minimum atomic E-state index is 0.188. The second-order valence-electron chi connectivity index (χ2n) is 5.63. The van der Waals surface area contributed by atoms with E-state index in [4.69, 9.17) is 0 Å². The summed E-state index contributed by atoms with van der Waals surface area (Å²) in [5.74, 6) is 0.188. The highest BCUT2D eigenvalue weighted by Crippen LogP contribution is 2.21. The number of carbonyl (C=O) groups is 1. The summed E-state index contributed by atoms with van der Waals surface area (Å²) in [6, 6.07) is 18.7. The molecule has 0 unspecified atom stereocenters. The molecule has 0 aliphatic carbocycles. The van der Waals surface area contributed by atoms with E-state index in [1.165, 1.54) is 11.1 Å². The van der Waals surface area contributed by atoms with Gasteiger partial charge in [-0.3, -0.25) is 9.69 Å². The molecule has 2 nitrogen and oxygen atoms in total. The van der Waals surface area contributed by atoms with Crippen LogP contribution in [0.5, 0.6) is 0 Å². The first kappa shape index (κ1) is 13.8. The summed E-state index contributed by atoms with van der Waals surface area (Å²) < 4.78 is 0. The molecule has 0 fully saturated rings. The van der Waals surface area contributed by atoms with E-state index in [-0.39, 0.29) is 5.78 Å². The van der Waals surface area contributed by atoms with Crippen LogP contribution in [0.25, 0.3) is 5.57 Å². The average Bonchev–Trinajstić information content (AvgIpc) is 2.48. The Bertz CT molecular complexity index is 656. The highest BCUT2D eigenvalue weighted by Gasteiger charge is 2.19. The lowest BCUT2D eigenvalue weighted by Crippen LogP contribution is -2.34. The van der Waals surface area contributed by atoms with Gasteiger partial charge >= 0.3 is 0 Å². The summed E-state index contributed by atoms with van der Waals surface area (Å²) in [5.41, 5.74) is 4.74. The quantitative estimate of drug-likeness (QED) is 0.856. The Kier molecular flexibility index (Phi) is 3.98. The third kappa shape index (κ3) is 3.47. The van der Waals surface area contributed by atoms with Crippen LogP contribution in [0.4, 0.5) is 0 Å². The van der Waals surface area contributed by atoms with E-state index in [0.717, 1.165) is 24.2 Å². The first-order valence-electron chi connectivity index (χ1n) is 7.27. The lowest BCUT2D eigenvalue weighted by atomic mass is 9.99. The number of hydrogen-bond acceptors (Lipinski definition) is 2. The number of ketones is 1. The molecular weight excluding hydrogens is 258 g/mol. The Morgan fingerprint density at radius 1 is 0.952 bits per heavy atom. The molecule has 0 radical (unpaired) electrons. The van der Waals surface area contributed by atoms with Crippen LogP contribution < -0.4 is 0 Å². The molecule has 1 heterocycles. The second-order valence-corrected chi connectivity index (χ2v) is 5.63. The molecule has 0 N–H and O–H groups in total. The fraction of sp³-hybridized carbons (Fsp3) is 0.211. The van der Waals surface area contributed by atoms with E-state index in [1.54, 1.807) is 6.08 Å². The standard InChI is InChI=1S/C19H19NO/c1-15-7-9-17(10-8-15)18-11-19(21)14-20(13-18)12-16-5-3-2-4-6-16/h2-11H,12-14H2,1H3. The molecule has 0 aromatic heterocycles. The van der Waals surface area contributed by atoms with E-state index in [1.807, 2.05) is 18.2 Å². The summed E-state index contributed by atoms with van der Waals surface area (Å²) in [5, 5.41) is 0. The highest BCUT2D eigenvalue weighted by atomic mass is 16.1. The summed E-state index contributed by atoms with van der Waals surface area (Å²) in [6.45, 7) is 4.22. The van der Waals surface area contributed by atoms with Crippen molar-refractivity contribution in [2.45, 2.75) is 13.5 Å². The van der Waals surface area contributed by atoms with Crippen molar-refractivity contribution in [2.24, 2.45) is 0 Å². The molecule has 3 rings (SSSR count). The minimum absolute atomic E-state index is 0.188. The van der Waals surface area contributed by atoms with Gasteiger partial charge in [-0.1, -0.05) is 60.2 Å². The lowest BCUT2D eigenvalue weighted by Gasteiger charge is -2.26. The summed E-state index contributed by atoms with van der Waals surface area (Å²) in [6.07, 6.45) is 1.80. The van der Waals surface area contributed by atoms with Gasteiger partial charge in [0.2, 0.25) is 0 Å². The maximum Gasteiger partial charge on any atom is 0.170 e. The zero-order valence-corrected chi connectivity index (χ0v) is 12.3. The molecule has 2 aromatic carbocycles. The fourth-order valence-corrected chi connectivity index (χ4v) is 2.70. The second kappa shape index (κ2) is 6.06. The molecule has 0 atom stereocenters. The van der Waals surface area contributed by atoms with E-state index >= 15 is 0 Å². The Labute approximate surface area is 125 Å². The number of nitrogens with zero attached hydrogens (tertiary/aromatic N) is 1. The number of rotatable bonds is 3. The normalized spacial score (nSPS) is 15.9. The molecule has 0 bridgehead atoms. The van der Waals surface area contributed by atoms with Gasteiger partial charge in [0.05, 0.1) is 6.54 Å². The maximum absolute atomic E-state index is 12.0. The Morgan fingerprint density at radius 3 is 2.38 bits per heavy atom. The molecule has 21 heavy (non-hydrogen) atoms. The van der Waals surface area contributed by atoms with Gasteiger partial charge < -0.3 is 0 Å². The van der Waals surface area contributed by atoms with Crippen LogP contribution in [0.15, 0.2) is 60.7 Å². The average molecular weight is 277 g/mol. The number of aryl methyl sites for hydroxylation is 1. The third-order valence-electron chi connectivity index (χ3n) is 3.78. The van der Waals surface area contributed by atoms with Crippen molar-refractivity contribution in [1.82, 2.24) is 4.90 Å². The first-order chi connectivity index (χ1) is 10.2. The minimum Gasteiger partial charge on any atom is -0.293 e. The third-order valence-corrected chi connectivity index (χ3v) is 3.78. The number of benzene rings is 2. The van der Waals surface area contributed by atoms with Crippen LogP contribution in [0.2, 0.25) is 0 Å². The van der Waals surface area contributed by atoms with E-state index in [0.29, 0.717) is 6.54 Å². The molecule has 1 aliphatic heterocycles. The first-order valence-corrected chi connectivity index (χ1v) is 7.27. The predicted molar refractivity (Wildman–Crippen MR) is 85.9 cm³/mol. The van der Waals surface area contributed by atoms with Crippen molar-refractivity contribution in [3.8, 4) is 0 Å². The highest BCUT2D eigenvalue weighted by molar-refractivity contribution is 6.00. The van der Waals surface area contributed by atoms with Gasteiger partial charge in [0, 0.05) is 13.1 Å². The van der Waals surface area contributed by atoms with Gasteiger partial charge in [-0.05, 0) is 29.7 Å². The fourth-order valence-electron chi connectivity index (χ4n) is 2.70. The van der Waals surface area contributed by atoms with E-state index < -0.39 is 0 Å². The smallest absolute Gasteiger partial charge is 0.170 e. The topological polar surface area (TPSA) is 20.3 Å². The zero-order valence-electron chi connectivity index (χ0n) is 12.3. The van der Waals surface area contributed by atoms with Crippen LogP contribution in [-0.2, 0) is 11.3 Å². The molecule has 0 spiro atoms. The SMILES string of the molecule is Cc1ccc(C2=CC(=O)CN(Cc3ccccc3)C2)cc1. The molecule has 2 aromatic rings. The van der Waals surface area contributed by atoms with E-state index in [2.05, 4.69) is 48.2 Å². The molecule has 2 heteroatoms. The van der Waals surface area contributed by atoms with Crippen molar-refractivity contribution < 1.29 is 4.79 Å². The molecule has 0 saturated carbocycles. The summed E-state index contributed by atoms with van der Waals surface area (Å²) in [7, 11) is 0. The molecule has 0 amide bonds. The van der Waals surface area contributed by atoms with E-state index in [9.17, 15) is 4.79 Å². The van der Waals surface area contributed by atoms with Crippen LogP contribution >= 0.6 is 0 Å². The van der Waals surface area contributed by atoms with Crippen LogP contribution in [-0.4, -0.2) is 23.8 Å². The van der Waals surface area contributed by atoms with Crippen molar-refractivity contribution in [2.75, 3.05) is 13.1 Å². The Balaban J connectivity index is 1.77. The van der Waals surface area contributed by atoms with Gasteiger partial charge in [0.25, 0.3) is 0 Å². The molecule has 0 saturated heterocycles.